The van der Waals surface area contributed by atoms with Crippen LogP contribution in [0.15, 0.2) is 18.2 Å². The van der Waals surface area contributed by atoms with Crippen LogP contribution < -0.4 is 10.5 Å². The predicted molar refractivity (Wildman–Crippen MR) is 75.8 cm³/mol. The Hall–Kier alpha value is -1.02. The smallest absolute Gasteiger partial charge is 0.123 e. The van der Waals surface area contributed by atoms with Crippen molar-refractivity contribution in [2.45, 2.75) is 45.6 Å². The molecule has 0 saturated heterocycles. The SMILES string of the molecule is CCC1CCC(C(N)c2cc(C)ccc2OC)C1. The van der Waals surface area contributed by atoms with Gasteiger partial charge in [0.15, 0.2) is 0 Å². The van der Waals surface area contributed by atoms with Crippen molar-refractivity contribution in [2.24, 2.45) is 17.6 Å². The highest BCUT2D eigenvalue weighted by molar-refractivity contribution is 5.39. The lowest BCUT2D eigenvalue weighted by atomic mass is 9.90. The standard InChI is InChI=1S/C16H25NO/c1-4-12-6-7-13(10-12)16(17)14-9-11(2)5-8-15(14)18-3/h5,8-9,12-13,16H,4,6-7,10,17H2,1-3H3. The van der Waals surface area contributed by atoms with Crippen molar-refractivity contribution in [3.8, 4) is 5.75 Å². The lowest BCUT2D eigenvalue weighted by Crippen LogP contribution is -2.20. The molecule has 0 spiro atoms. The van der Waals surface area contributed by atoms with E-state index in [2.05, 4.69) is 26.0 Å². The number of aryl methyl sites for hydroxylation is 1. The molecule has 1 aliphatic carbocycles. The van der Waals surface area contributed by atoms with Crippen LogP contribution in [0.4, 0.5) is 0 Å². The summed E-state index contributed by atoms with van der Waals surface area (Å²) in [5, 5.41) is 0. The number of hydrogen-bond acceptors (Lipinski definition) is 2. The topological polar surface area (TPSA) is 35.2 Å². The molecule has 0 amide bonds. The molecule has 100 valence electrons. The molecule has 0 radical (unpaired) electrons. The van der Waals surface area contributed by atoms with Crippen LogP contribution >= 0.6 is 0 Å². The van der Waals surface area contributed by atoms with Crippen LogP contribution in [0.2, 0.25) is 0 Å². The van der Waals surface area contributed by atoms with E-state index in [1.807, 2.05) is 6.07 Å². The van der Waals surface area contributed by atoms with Crippen LogP contribution in [0.5, 0.6) is 5.75 Å². The molecule has 2 rings (SSSR count). The lowest BCUT2D eigenvalue weighted by molar-refractivity contribution is 0.377. The number of nitrogens with two attached hydrogens (primary N) is 1. The molecule has 2 nitrogen and oxygen atoms in total. The normalized spacial score (nSPS) is 25.1. The minimum absolute atomic E-state index is 0.122. The summed E-state index contributed by atoms with van der Waals surface area (Å²) in [7, 11) is 1.73. The molecule has 0 aliphatic heterocycles. The quantitative estimate of drug-likeness (QED) is 0.877. The molecule has 3 unspecified atom stereocenters. The maximum atomic E-state index is 6.48. The van der Waals surface area contributed by atoms with Crippen molar-refractivity contribution in [2.75, 3.05) is 7.11 Å². The second kappa shape index (κ2) is 5.75. The van der Waals surface area contributed by atoms with Crippen LogP contribution in [0.25, 0.3) is 0 Å². The van der Waals surface area contributed by atoms with Crippen molar-refractivity contribution >= 4 is 0 Å². The van der Waals surface area contributed by atoms with Crippen molar-refractivity contribution in [3.63, 3.8) is 0 Å². The average Bonchev–Trinajstić information content (AvgIpc) is 2.86. The molecule has 0 bridgehead atoms. The Bertz CT molecular complexity index is 402. The first kappa shape index (κ1) is 13.4. The summed E-state index contributed by atoms with van der Waals surface area (Å²) in [5.41, 5.74) is 8.92. The molecule has 2 heteroatoms. The van der Waals surface area contributed by atoms with Crippen molar-refractivity contribution in [1.29, 1.82) is 0 Å². The first-order valence-electron chi connectivity index (χ1n) is 7.05. The van der Waals surface area contributed by atoms with Gasteiger partial charge in [-0.3, -0.25) is 0 Å². The van der Waals surface area contributed by atoms with Crippen LogP contribution in [-0.4, -0.2) is 7.11 Å². The minimum atomic E-state index is 0.122. The Kier molecular flexibility index (Phi) is 4.28. The van der Waals surface area contributed by atoms with Gasteiger partial charge in [-0.2, -0.15) is 0 Å². The van der Waals surface area contributed by atoms with E-state index in [1.54, 1.807) is 7.11 Å². The third-order valence-corrected chi connectivity index (χ3v) is 4.41. The highest BCUT2D eigenvalue weighted by Gasteiger charge is 2.30. The van der Waals surface area contributed by atoms with Gasteiger partial charge in [-0.05, 0) is 37.7 Å². The van der Waals surface area contributed by atoms with E-state index >= 15 is 0 Å². The van der Waals surface area contributed by atoms with Gasteiger partial charge in [-0.1, -0.05) is 37.5 Å². The number of benzene rings is 1. The Labute approximate surface area is 111 Å². The van der Waals surface area contributed by atoms with E-state index in [1.165, 1.54) is 36.8 Å². The summed E-state index contributed by atoms with van der Waals surface area (Å²) < 4.78 is 5.45. The zero-order valence-electron chi connectivity index (χ0n) is 11.8. The van der Waals surface area contributed by atoms with Gasteiger partial charge in [0, 0.05) is 11.6 Å². The summed E-state index contributed by atoms with van der Waals surface area (Å²) in [6, 6.07) is 6.43. The Morgan fingerprint density at radius 3 is 2.78 bits per heavy atom. The molecule has 1 aromatic carbocycles. The van der Waals surface area contributed by atoms with Crippen LogP contribution in [0.3, 0.4) is 0 Å². The van der Waals surface area contributed by atoms with Crippen LogP contribution in [0, 0.1) is 18.8 Å². The fraction of sp³-hybridized carbons (Fsp3) is 0.625. The second-order valence-corrected chi connectivity index (χ2v) is 5.62. The molecule has 18 heavy (non-hydrogen) atoms. The summed E-state index contributed by atoms with van der Waals surface area (Å²) in [6.45, 7) is 4.39. The molecule has 0 aromatic heterocycles. The molecular formula is C16H25NO. The molecular weight excluding hydrogens is 222 g/mol. The fourth-order valence-corrected chi connectivity index (χ4v) is 3.18. The van der Waals surface area contributed by atoms with Gasteiger partial charge in [0.05, 0.1) is 7.11 Å². The zero-order valence-corrected chi connectivity index (χ0v) is 11.8. The van der Waals surface area contributed by atoms with Gasteiger partial charge in [-0.15, -0.1) is 0 Å². The largest absolute Gasteiger partial charge is 0.496 e. The molecule has 0 heterocycles. The molecule has 1 fully saturated rings. The van der Waals surface area contributed by atoms with E-state index in [0.717, 1.165) is 11.7 Å². The van der Waals surface area contributed by atoms with E-state index < -0.39 is 0 Å². The predicted octanol–water partition coefficient (Wildman–Crippen LogP) is 3.83. The lowest BCUT2D eigenvalue weighted by Gasteiger charge is -2.22. The van der Waals surface area contributed by atoms with E-state index in [-0.39, 0.29) is 6.04 Å². The summed E-state index contributed by atoms with van der Waals surface area (Å²) >= 11 is 0. The van der Waals surface area contributed by atoms with E-state index in [4.69, 9.17) is 10.5 Å². The monoisotopic (exact) mass is 247 g/mol. The summed E-state index contributed by atoms with van der Waals surface area (Å²) in [5.74, 6) is 2.43. The second-order valence-electron chi connectivity index (χ2n) is 5.62. The first-order valence-corrected chi connectivity index (χ1v) is 7.05. The Balaban J connectivity index is 2.18. The number of hydrogen-bond donors (Lipinski definition) is 1. The highest BCUT2D eigenvalue weighted by Crippen LogP contribution is 2.41. The number of methoxy groups -OCH3 is 1. The fourth-order valence-electron chi connectivity index (χ4n) is 3.18. The van der Waals surface area contributed by atoms with E-state index in [9.17, 15) is 0 Å². The Morgan fingerprint density at radius 1 is 1.39 bits per heavy atom. The molecule has 2 N–H and O–H groups in total. The van der Waals surface area contributed by atoms with Gasteiger partial charge >= 0.3 is 0 Å². The van der Waals surface area contributed by atoms with Crippen molar-refractivity contribution in [3.05, 3.63) is 29.3 Å². The number of rotatable bonds is 4. The summed E-state index contributed by atoms with van der Waals surface area (Å²) in [6.07, 6.45) is 5.16. The van der Waals surface area contributed by atoms with Crippen LogP contribution in [0.1, 0.15) is 49.8 Å². The maximum Gasteiger partial charge on any atom is 0.123 e. The zero-order chi connectivity index (χ0) is 13.1. The molecule has 3 atom stereocenters. The maximum absolute atomic E-state index is 6.48. The van der Waals surface area contributed by atoms with Gasteiger partial charge in [-0.25, -0.2) is 0 Å². The molecule has 1 aliphatic rings. The van der Waals surface area contributed by atoms with Gasteiger partial charge in [0.1, 0.15) is 5.75 Å². The van der Waals surface area contributed by atoms with Crippen LogP contribution in [-0.2, 0) is 0 Å². The highest BCUT2D eigenvalue weighted by atomic mass is 16.5. The first-order chi connectivity index (χ1) is 8.65. The van der Waals surface area contributed by atoms with Gasteiger partial charge in [0.25, 0.3) is 0 Å². The Morgan fingerprint density at radius 2 is 2.17 bits per heavy atom. The number of ether oxygens (including phenoxy) is 1. The molecule has 1 saturated carbocycles. The third kappa shape index (κ3) is 2.69. The van der Waals surface area contributed by atoms with Crippen molar-refractivity contribution in [1.82, 2.24) is 0 Å². The van der Waals surface area contributed by atoms with E-state index in [0.29, 0.717) is 5.92 Å². The third-order valence-electron chi connectivity index (χ3n) is 4.41. The van der Waals surface area contributed by atoms with Gasteiger partial charge in [0.2, 0.25) is 0 Å². The average molecular weight is 247 g/mol. The molecule has 1 aromatic rings. The van der Waals surface area contributed by atoms with Crippen molar-refractivity contribution < 1.29 is 4.74 Å². The summed E-state index contributed by atoms with van der Waals surface area (Å²) in [4.78, 5) is 0. The minimum Gasteiger partial charge on any atom is -0.496 e. The van der Waals surface area contributed by atoms with Gasteiger partial charge < -0.3 is 10.5 Å².